The number of nitrogens with one attached hydrogen (secondary N) is 2. The first-order chi connectivity index (χ1) is 14.1. The number of carbonyl (C=O) groups is 2. The first-order valence-corrected chi connectivity index (χ1v) is 9.29. The molecular formula is C22H20N4O3. The van der Waals surface area contributed by atoms with Gasteiger partial charge in [-0.3, -0.25) is 14.6 Å². The Morgan fingerprint density at radius 3 is 2.76 bits per heavy atom. The Balaban J connectivity index is 1.50. The Kier molecular flexibility index (Phi) is 5.20. The fraction of sp³-hybridized carbons (Fsp3) is 0.182. The van der Waals surface area contributed by atoms with Crippen LogP contribution in [0.15, 0.2) is 61.1 Å². The summed E-state index contributed by atoms with van der Waals surface area (Å²) in [7, 11) is 0. The molecule has 0 radical (unpaired) electrons. The summed E-state index contributed by atoms with van der Waals surface area (Å²) in [6, 6.07) is 13.2. The molecular weight excluding hydrogens is 368 g/mol. The van der Waals surface area contributed by atoms with Gasteiger partial charge in [-0.15, -0.1) is 0 Å². The predicted octanol–water partition coefficient (Wildman–Crippen LogP) is 2.72. The van der Waals surface area contributed by atoms with Gasteiger partial charge in [0.05, 0.1) is 0 Å². The second-order valence-electron chi connectivity index (χ2n) is 6.79. The molecule has 1 unspecified atom stereocenters. The lowest BCUT2D eigenvalue weighted by Crippen LogP contribution is -2.37. The molecule has 146 valence electrons. The lowest BCUT2D eigenvalue weighted by molar-refractivity contribution is -0.127. The maximum absolute atomic E-state index is 12.6. The second kappa shape index (κ2) is 8.10. The molecule has 2 aromatic heterocycles. The minimum absolute atomic E-state index is 0.128. The van der Waals surface area contributed by atoms with Gasteiger partial charge in [0.2, 0.25) is 11.8 Å². The van der Waals surface area contributed by atoms with Crippen LogP contribution in [0, 0.1) is 0 Å². The zero-order valence-corrected chi connectivity index (χ0v) is 15.9. The standard InChI is InChI=1S/C22H20N4O3/c1-14(27)26-17-4-2-3-16(11-17)18-7-10-24-22-19(18)12-20(29-22)21(28)25-13-15-5-8-23-9-6-15/h2-11,20H,12-13H2,1H3,(H,25,28)(H,26,27). The quantitative estimate of drug-likeness (QED) is 0.701. The minimum Gasteiger partial charge on any atom is -0.464 e. The Morgan fingerprint density at radius 1 is 1.14 bits per heavy atom. The number of pyridine rings is 2. The molecule has 4 rings (SSSR count). The molecule has 3 heterocycles. The first kappa shape index (κ1) is 18.6. The van der Waals surface area contributed by atoms with Crippen molar-refractivity contribution in [2.45, 2.75) is 26.0 Å². The Morgan fingerprint density at radius 2 is 1.97 bits per heavy atom. The summed E-state index contributed by atoms with van der Waals surface area (Å²) in [6.07, 6.45) is 4.85. The number of rotatable bonds is 5. The summed E-state index contributed by atoms with van der Waals surface area (Å²) in [6.45, 7) is 1.89. The normalized spacial score (nSPS) is 14.6. The maximum Gasteiger partial charge on any atom is 0.261 e. The summed E-state index contributed by atoms with van der Waals surface area (Å²) >= 11 is 0. The number of benzene rings is 1. The van der Waals surface area contributed by atoms with Crippen molar-refractivity contribution in [1.82, 2.24) is 15.3 Å². The van der Waals surface area contributed by atoms with Crippen LogP contribution < -0.4 is 15.4 Å². The van der Waals surface area contributed by atoms with Crippen molar-refractivity contribution in [3.05, 3.63) is 72.2 Å². The molecule has 2 N–H and O–H groups in total. The summed E-state index contributed by atoms with van der Waals surface area (Å²) in [5.74, 6) is 0.158. The van der Waals surface area contributed by atoms with Crippen molar-refractivity contribution in [3.63, 3.8) is 0 Å². The van der Waals surface area contributed by atoms with E-state index >= 15 is 0 Å². The lowest BCUT2D eigenvalue weighted by atomic mass is 9.98. The van der Waals surface area contributed by atoms with Gasteiger partial charge < -0.3 is 15.4 Å². The average Bonchev–Trinajstić information content (AvgIpc) is 3.17. The molecule has 0 saturated carbocycles. The third-order valence-electron chi connectivity index (χ3n) is 4.66. The van der Waals surface area contributed by atoms with Crippen LogP contribution in [-0.4, -0.2) is 27.9 Å². The molecule has 29 heavy (non-hydrogen) atoms. The molecule has 0 spiro atoms. The van der Waals surface area contributed by atoms with Gasteiger partial charge in [0.15, 0.2) is 6.10 Å². The van der Waals surface area contributed by atoms with E-state index in [1.54, 1.807) is 18.6 Å². The lowest BCUT2D eigenvalue weighted by Gasteiger charge is -2.10. The number of amides is 2. The van der Waals surface area contributed by atoms with Gasteiger partial charge in [-0.2, -0.15) is 0 Å². The van der Waals surface area contributed by atoms with E-state index in [1.165, 1.54) is 6.92 Å². The highest BCUT2D eigenvalue weighted by atomic mass is 16.5. The van der Waals surface area contributed by atoms with Gasteiger partial charge >= 0.3 is 0 Å². The molecule has 1 aromatic carbocycles. The van der Waals surface area contributed by atoms with E-state index < -0.39 is 6.10 Å². The van der Waals surface area contributed by atoms with Crippen LogP contribution in [0.2, 0.25) is 0 Å². The molecule has 7 heteroatoms. The smallest absolute Gasteiger partial charge is 0.261 e. The summed E-state index contributed by atoms with van der Waals surface area (Å²) in [5, 5.41) is 5.69. The number of carbonyl (C=O) groups excluding carboxylic acids is 2. The molecule has 0 saturated heterocycles. The highest BCUT2D eigenvalue weighted by Crippen LogP contribution is 2.36. The van der Waals surface area contributed by atoms with E-state index in [-0.39, 0.29) is 11.8 Å². The van der Waals surface area contributed by atoms with E-state index in [0.29, 0.717) is 24.5 Å². The molecule has 7 nitrogen and oxygen atoms in total. The second-order valence-corrected chi connectivity index (χ2v) is 6.79. The fourth-order valence-electron chi connectivity index (χ4n) is 3.32. The Labute approximate surface area is 168 Å². The van der Waals surface area contributed by atoms with Crippen LogP contribution in [0.1, 0.15) is 18.1 Å². The average molecular weight is 388 g/mol. The molecule has 1 aliphatic heterocycles. The van der Waals surface area contributed by atoms with Crippen molar-refractivity contribution in [2.24, 2.45) is 0 Å². The van der Waals surface area contributed by atoms with Crippen LogP contribution in [0.25, 0.3) is 11.1 Å². The van der Waals surface area contributed by atoms with Crippen LogP contribution in [0.4, 0.5) is 5.69 Å². The van der Waals surface area contributed by atoms with E-state index in [2.05, 4.69) is 20.6 Å². The van der Waals surface area contributed by atoms with Crippen LogP contribution in [0.3, 0.4) is 0 Å². The molecule has 1 atom stereocenters. The number of hydrogen-bond acceptors (Lipinski definition) is 5. The Bertz CT molecular complexity index is 1050. The van der Waals surface area contributed by atoms with Gasteiger partial charge in [0.25, 0.3) is 5.91 Å². The molecule has 1 aliphatic rings. The number of hydrogen-bond donors (Lipinski definition) is 2. The third-order valence-corrected chi connectivity index (χ3v) is 4.66. The summed E-state index contributed by atoms with van der Waals surface area (Å²) in [4.78, 5) is 32.2. The number of ether oxygens (including phenoxy) is 1. The zero-order valence-electron chi connectivity index (χ0n) is 15.9. The van der Waals surface area contributed by atoms with Gasteiger partial charge in [-0.25, -0.2) is 4.98 Å². The van der Waals surface area contributed by atoms with E-state index in [0.717, 1.165) is 22.3 Å². The van der Waals surface area contributed by atoms with Crippen molar-refractivity contribution >= 4 is 17.5 Å². The topological polar surface area (TPSA) is 93.2 Å². The van der Waals surface area contributed by atoms with Crippen molar-refractivity contribution < 1.29 is 14.3 Å². The van der Waals surface area contributed by atoms with Crippen LogP contribution >= 0.6 is 0 Å². The number of nitrogens with zero attached hydrogens (tertiary/aromatic N) is 2. The maximum atomic E-state index is 12.6. The van der Waals surface area contributed by atoms with Gasteiger partial charge in [-0.1, -0.05) is 12.1 Å². The van der Waals surface area contributed by atoms with Gasteiger partial charge in [0.1, 0.15) is 0 Å². The van der Waals surface area contributed by atoms with E-state index in [9.17, 15) is 9.59 Å². The van der Waals surface area contributed by atoms with E-state index in [1.807, 2.05) is 42.5 Å². The Hall–Kier alpha value is -3.74. The third kappa shape index (κ3) is 4.24. The molecule has 2 amide bonds. The van der Waals surface area contributed by atoms with E-state index in [4.69, 9.17) is 4.74 Å². The van der Waals surface area contributed by atoms with Crippen LogP contribution in [0.5, 0.6) is 5.88 Å². The first-order valence-electron chi connectivity index (χ1n) is 9.29. The van der Waals surface area contributed by atoms with Crippen LogP contribution in [-0.2, 0) is 22.6 Å². The fourth-order valence-corrected chi connectivity index (χ4v) is 3.32. The van der Waals surface area contributed by atoms with Crippen molar-refractivity contribution in [3.8, 4) is 17.0 Å². The SMILES string of the molecule is CC(=O)Nc1cccc(-c2ccnc3c2CC(C(=O)NCc2ccncc2)O3)c1. The zero-order chi connectivity index (χ0) is 20.2. The number of aromatic nitrogens is 2. The van der Waals surface area contributed by atoms with Gasteiger partial charge in [0, 0.05) is 49.7 Å². The number of fused-ring (bicyclic) bond motifs is 1. The van der Waals surface area contributed by atoms with Crippen molar-refractivity contribution in [2.75, 3.05) is 5.32 Å². The summed E-state index contributed by atoms with van der Waals surface area (Å²) in [5.41, 5.74) is 4.43. The molecule has 0 fully saturated rings. The summed E-state index contributed by atoms with van der Waals surface area (Å²) < 4.78 is 5.81. The molecule has 3 aromatic rings. The number of anilines is 1. The molecule has 0 bridgehead atoms. The van der Waals surface area contributed by atoms with Gasteiger partial charge in [-0.05, 0) is 47.0 Å². The highest BCUT2D eigenvalue weighted by molar-refractivity contribution is 5.90. The van der Waals surface area contributed by atoms with Crippen molar-refractivity contribution in [1.29, 1.82) is 0 Å². The minimum atomic E-state index is -0.626. The predicted molar refractivity (Wildman–Crippen MR) is 108 cm³/mol. The monoisotopic (exact) mass is 388 g/mol. The highest BCUT2D eigenvalue weighted by Gasteiger charge is 2.32. The molecule has 0 aliphatic carbocycles. The largest absolute Gasteiger partial charge is 0.464 e.